The average molecular weight is 414 g/mol. The fraction of sp³-hybridized carbons (Fsp3) is 0.238. The highest BCUT2D eigenvalue weighted by atomic mass is 19.1. The Morgan fingerprint density at radius 1 is 1.03 bits per heavy atom. The molecular formula is C21H23FN4O4. The number of nitrogens with two attached hydrogens (primary N) is 1. The lowest BCUT2D eigenvalue weighted by Gasteiger charge is -2.21. The first kappa shape index (κ1) is 22.5. The minimum Gasteiger partial charge on any atom is -0.366 e. The number of carbonyl (C=O) groups excluding carboxylic acids is 4. The quantitative estimate of drug-likeness (QED) is 0.576. The number of anilines is 1. The molecule has 30 heavy (non-hydrogen) atoms. The van der Waals surface area contributed by atoms with Gasteiger partial charge in [-0.25, -0.2) is 4.39 Å². The van der Waals surface area contributed by atoms with Gasteiger partial charge in [0.1, 0.15) is 5.82 Å². The number of likely N-dealkylation sites (N-methyl/N-ethyl adjacent to an activating group) is 1. The summed E-state index contributed by atoms with van der Waals surface area (Å²) in [6.07, 6.45) is 0.0401. The summed E-state index contributed by atoms with van der Waals surface area (Å²) in [4.78, 5) is 48.9. The minimum atomic E-state index is -0.686. The molecule has 0 heterocycles. The Morgan fingerprint density at radius 2 is 1.70 bits per heavy atom. The Hall–Kier alpha value is -3.75. The smallest absolute Gasteiger partial charge is 0.254 e. The van der Waals surface area contributed by atoms with Crippen molar-refractivity contribution in [2.24, 2.45) is 5.73 Å². The zero-order chi connectivity index (χ0) is 22.1. The lowest BCUT2D eigenvalue weighted by atomic mass is 10.2. The molecule has 9 heteroatoms. The average Bonchev–Trinajstić information content (AvgIpc) is 2.73. The topological polar surface area (TPSA) is 122 Å². The third-order valence-electron chi connectivity index (χ3n) is 4.32. The molecule has 0 aliphatic carbocycles. The van der Waals surface area contributed by atoms with Crippen LogP contribution >= 0.6 is 0 Å². The molecule has 4 amide bonds. The van der Waals surface area contributed by atoms with Crippen molar-refractivity contribution in [3.63, 3.8) is 0 Å². The van der Waals surface area contributed by atoms with Crippen molar-refractivity contribution >= 4 is 29.3 Å². The number of carbonyl (C=O) groups is 4. The molecule has 8 nitrogen and oxygen atoms in total. The highest BCUT2D eigenvalue weighted by molar-refractivity contribution is 5.97. The summed E-state index contributed by atoms with van der Waals surface area (Å²) in [6.45, 7) is 1.93. The largest absolute Gasteiger partial charge is 0.366 e. The summed E-state index contributed by atoms with van der Waals surface area (Å²) in [6, 6.07) is 11.6. The summed E-state index contributed by atoms with van der Waals surface area (Å²) in [5, 5.41) is 5.05. The van der Waals surface area contributed by atoms with Crippen LogP contribution in [0.3, 0.4) is 0 Å². The lowest BCUT2D eigenvalue weighted by molar-refractivity contribution is -0.130. The summed E-state index contributed by atoms with van der Waals surface area (Å²) < 4.78 is 13.6. The van der Waals surface area contributed by atoms with Gasteiger partial charge in [0.2, 0.25) is 17.7 Å². The maximum atomic E-state index is 13.6. The fourth-order valence-electron chi connectivity index (χ4n) is 2.65. The molecule has 2 rings (SSSR count). The molecule has 0 bridgehead atoms. The predicted octanol–water partition coefficient (Wildman–Crippen LogP) is 1.53. The Balaban J connectivity index is 1.81. The molecule has 0 saturated heterocycles. The van der Waals surface area contributed by atoms with Crippen LogP contribution in [0.25, 0.3) is 0 Å². The van der Waals surface area contributed by atoms with Gasteiger partial charge in [-0.2, -0.15) is 0 Å². The van der Waals surface area contributed by atoms with Crippen LogP contribution in [0.15, 0.2) is 48.5 Å². The second-order valence-corrected chi connectivity index (χ2v) is 6.38. The van der Waals surface area contributed by atoms with Gasteiger partial charge in [-0.15, -0.1) is 0 Å². The Bertz CT molecular complexity index is 931. The lowest BCUT2D eigenvalue weighted by Crippen LogP contribution is -2.41. The van der Waals surface area contributed by atoms with E-state index in [1.807, 2.05) is 0 Å². The predicted molar refractivity (Wildman–Crippen MR) is 109 cm³/mol. The van der Waals surface area contributed by atoms with Gasteiger partial charge in [-0.3, -0.25) is 19.2 Å². The molecule has 2 aromatic rings. The van der Waals surface area contributed by atoms with Crippen LogP contribution in [0.1, 0.15) is 34.1 Å². The zero-order valence-corrected chi connectivity index (χ0v) is 16.5. The molecule has 158 valence electrons. The molecule has 0 fully saturated rings. The Kier molecular flexibility index (Phi) is 8.04. The van der Waals surface area contributed by atoms with Crippen LogP contribution in [0.5, 0.6) is 0 Å². The number of benzene rings is 2. The molecule has 0 unspecified atom stereocenters. The van der Waals surface area contributed by atoms with E-state index in [9.17, 15) is 23.6 Å². The molecular weight excluding hydrogens is 391 g/mol. The third kappa shape index (κ3) is 6.40. The normalized spacial score (nSPS) is 10.2. The van der Waals surface area contributed by atoms with E-state index in [0.717, 1.165) is 6.07 Å². The number of rotatable bonds is 9. The van der Waals surface area contributed by atoms with Crippen molar-refractivity contribution in [1.29, 1.82) is 0 Å². The van der Waals surface area contributed by atoms with Gasteiger partial charge in [0, 0.05) is 30.8 Å². The number of nitrogens with zero attached hydrogens (tertiary/aromatic N) is 1. The monoisotopic (exact) mass is 414 g/mol. The number of hydrogen-bond acceptors (Lipinski definition) is 4. The number of nitrogens with one attached hydrogen (secondary N) is 2. The molecule has 0 aliphatic heterocycles. The van der Waals surface area contributed by atoms with Crippen LogP contribution in [-0.4, -0.2) is 48.2 Å². The van der Waals surface area contributed by atoms with E-state index in [-0.39, 0.29) is 36.9 Å². The van der Waals surface area contributed by atoms with Gasteiger partial charge in [0.15, 0.2) is 0 Å². The van der Waals surface area contributed by atoms with E-state index < -0.39 is 17.6 Å². The first-order chi connectivity index (χ1) is 14.3. The van der Waals surface area contributed by atoms with Gasteiger partial charge in [0.05, 0.1) is 12.1 Å². The van der Waals surface area contributed by atoms with E-state index in [0.29, 0.717) is 17.8 Å². The van der Waals surface area contributed by atoms with Crippen molar-refractivity contribution in [3.8, 4) is 0 Å². The maximum absolute atomic E-state index is 13.6. The summed E-state index contributed by atoms with van der Waals surface area (Å²) in [5.41, 5.74) is 5.85. The van der Waals surface area contributed by atoms with Crippen LogP contribution in [0.2, 0.25) is 0 Å². The molecule has 0 saturated carbocycles. The van der Waals surface area contributed by atoms with E-state index in [1.54, 1.807) is 19.1 Å². The van der Waals surface area contributed by atoms with Gasteiger partial charge < -0.3 is 21.3 Å². The zero-order valence-electron chi connectivity index (χ0n) is 16.5. The van der Waals surface area contributed by atoms with E-state index in [2.05, 4.69) is 10.6 Å². The first-order valence-corrected chi connectivity index (χ1v) is 9.32. The Morgan fingerprint density at radius 3 is 2.30 bits per heavy atom. The van der Waals surface area contributed by atoms with Crippen molar-refractivity contribution in [1.82, 2.24) is 10.2 Å². The van der Waals surface area contributed by atoms with E-state index in [1.165, 1.54) is 35.2 Å². The van der Waals surface area contributed by atoms with Gasteiger partial charge >= 0.3 is 0 Å². The number of halogens is 1. The fourth-order valence-corrected chi connectivity index (χ4v) is 2.65. The van der Waals surface area contributed by atoms with Crippen LogP contribution in [0.4, 0.5) is 10.1 Å². The minimum absolute atomic E-state index is 0.0401. The second kappa shape index (κ2) is 10.7. The van der Waals surface area contributed by atoms with Crippen LogP contribution in [-0.2, 0) is 9.59 Å². The number of primary amides is 1. The molecule has 0 aliphatic rings. The number of amides is 4. The van der Waals surface area contributed by atoms with Crippen molar-refractivity contribution in [3.05, 3.63) is 65.5 Å². The van der Waals surface area contributed by atoms with E-state index in [4.69, 9.17) is 5.73 Å². The van der Waals surface area contributed by atoms with Crippen molar-refractivity contribution in [2.45, 2.75) is 13.3 Å². The second-order valence-electron chi connectivity index (χ2n) is 6.38. The maximum Gasteiger partial charge on any atom is 0.254 e. The van der Waals surface area contributed by atoms with Crippen LogP contribution in [0, 0.1) is 5.82 Å². The van der Waals surface area contributed by atoms with E-state index >= 15 is 0 Å². The van der Waals surface area contributed by atoms with Gasteiger partial charge in [0.25, 0.3) is 5.91 Å². The van der Waals surface area contributed by atoms with Gasteiger partial charge in [-0.1, -0.05) is 12.1 Å². The molecule has 4 N–H and O–H groups in total. The van der Waals surface area contributed by atoms with Gasteiger partial charge in [-0.05, 0) is 43.3 Å². The third-order valence-corrected chi connectivity index (χ3v) is 4.32. The van der Waals surface area contributed by atoms with Crippen LogP contribution < -0.4 is 16.4 Å². The standard InChI is InChI=1S/C21H23FN4O4/c1-2-26(19(28)13-24-21(30)16-5-3-4-6-17(16)22)12-11-18(27)25-15-9-7-14(8-10-15)20(23)29/h3-10H,2,11-13H2,1H3,(H2,23,29)(H,24,30)(H,25,27). The first-order valence-electron chi connectivity index (χ1n) is 9.32. The molecule has 0 aromatic heterocycles. The summed E-state index contributed by atoms with van der Waals surface area (Å²) >= 11 is 0. The molecule has 0 spiro atoms. The highest BCUT2D eigenvalue weighted by Gasteiger charge is 2.16. The molecule has 2 aromatic carbocycles. The van der Waals surface area contributed by atoms with Crippen molar-refractivity contribution < 1.29 is 23.6 Å². The highest BCUT2D eigenvalue weighted by Crippen LogP contribution is 2.10. The number of hydrogen-bond donors (Lipinski definition) is 3. The Labute approximate surface area is 173 Å². The molecule has 0 radical (unpaired) electrons. The summed E-state index contributed by atoms with van der Waals surface area (Å²) in [5.74, 6) is -2.62. The summed E-state index contributed by atoms with van der Waals surface area (Å²) in [7, 11) is 0. The molecule has 0 atom stereocenters. The van der Waals surface area contributed by atoms with Crippen molar-refractivity contribution in [2.75, 3.05) is 25.0 Å². The SMILES string of the molecule is CCN(CCC(=O)Nc1ccc(C(N)=O)cc1)C(=O)CNC(=O)c1ccccc1F.